The molecule has 6 heteroatoms. The van der Waals surface area contributed by atoms with Gasteiger partial charge in [0.05, 0.1) is 13.3 Å². The van der Waals surface area contributed by atoms with Crippen LogP contribution in [0.1, 0.15) is 5.69 Å². The van der Waals surface area contributed by atoms with Crippen molar-refractivity contribution in [2.24, 2.45) is 0 Å². The minimum Gasteiger partial charge on any atom is -0.497 e. The average Bonchev–Trinajstić information content (AvgIpc) is 3.07. The fourth-order valence-electron chi connectivity index (χ4n) is 1.79. The van der Waals surface area contributed by atoms with E-state index in [0.29, 0.717) is 0 Å². The highest BCUT2D eigenvalue weighted by Gasteiger charge is 2.07. The third-order valence-corrected chi connectivity index (χ3v) is 2.81. The van der Waals surface area contributed by atoms with Crippen molar-refractivity contribution in [1.29, 1.82) is 0 Å². The van der Waals surface area contributed by atoms with Crippen LogP contribution in [0.4, 0.5) is 0 Å². The largest absolute Gasteiger partial charge is 0.497 e. The first-order valence-corrected chi connectivity index (χ1v) is 5.85. The first-order chi connectivity index (χ1) is 9.26. The Morgan fingerprint density at radius 1 is 1.21 bits per heavy atom. The summed E-state index contributed by atoms with van der Waals surface area (Å²) in [6, 6.07) is 9.60. The van der Waals surface area contributed by atoms with Gasteiger partial charge in [0.25, 0.3) is 0 Å². The molecule has 0 fully saturated rings. The predicted octanol–water partition coefficient (Wildman–Crippen LogP) is 1.97. The lowest BCUT2D eigenvalue weighted by molar-refractivity contribution is 0.415. The molecule has 0 atom stereocenters. The van der Waals surface area contributed by atoms with E-state index in [1.165, 1.54) is 0 Å². The lowest BCUT2D eigenvalue weighted by Gasteiger charge is -1.99. The summed E-state index contributed by atoms with van der Waals surface area (Å²) in [7, 11) is 1.64. The number of nitrogens with zero attached hydrogens (tertiary/aromatic N) is 4. The molecule has 0 saturated heterocycles. The van der Waals surface area contributed by atoms with Crippen molar-refractivity contribution in [1.82, 2.24) is 25.2 Å². The maximum atomic E-state index is 5.13. The van der Waals surface area contributed by atoms with E-state index in [2.05, 4.69) is 20.5 Å². The molecule has 1 aromatic carbocycles. The summed E-state index contributed by atoms with van der Waals surface area (Å²) in [5.41, 5.74) is 2.76. The van der Waals surface area contributed by atoms with Crippen LogP contribution in [0.5, 0.6) is 5.75 Å². The van der Waals surface area contributed by atoms with E-state index >= 15 is 0 Å². The number of aromatic nitrogens is 5. The maximum absolute atomic E-state index is 5.13. The highest BCUT2D eigenvalue weighted by molar-refractivity contribution is 5.59. The number of H-pyrrole nitrogens is 1. The molecule has 0 saturated carbocycles. The molecule has 0 radical (unpaired) electrons. The van der Waals surface area contributed by atoms with Crippen molar-refractivity contribution < 1.29 is 4.74 Å². The molecule has 96 valence electrons. The van der Waals surface area contributed by atoms with Gasteiger partial charge in [0.2, 0.25) is 0 Å². The summed E-state index contributed by atoms with van der Waals surface area (Å²) in [6.07, 6.45) is 1.84. The minimum atomic E-state index is 0.727. The van der Waals surface area contributed by atoms with Crippen LogP contribution >= 0.6 is 0 Å². The Balaban J connectivity index is 1.91. The molecule has 0 bridgehead atoms. The first-order valence-electron chi connectivity index (χ1n) is 5.85. The van der Waals surface area contributed by atoms with E-state index in [9.17, 15) is 0 Å². The maximum Gasteiger partial charge on any atom is 0.176 e. The van der Waals surface area contributed by atoms with Gasteiger partial charge < -0.3 is 4.74 Å². The molecule has 2 heterocycles. The molecule has 0 aliphatic rings. The van der Waals surface area contributed by atoms with Gasteiger partial charge >= 0.3 is 0 Å². The van der Waals surface area contributed by atoms with Crippen molar-refractivity contribution in [3.63, 3.8) is 0 Å². The second-order valence-corrected chi connectivity index (χ2v) is 4.19. The summed E-state index contributed by atoms with van der Waals surface area (Å²) in [6.45, 7) is 1.94. The zero-order valence-electron chi connectivity index (χ0n) is 10.7. The fourth-order valence-corrected chi connectivity index (χ4v) is 1.79. The Morgan fingerprint density at radius 2 is 2.00 bits per heavy atom. The third kappa shape index (κ3) is 2.20. The van der Waals surface area contributed by atoms with Crippen molar-refractivity contribution in [2.45, 2.75) is 6.92 Å². The Bertz CT molecular complexity index is 683. The van der Waals surface area contributed by atoms with Crippen molar-refractivity contribution >= 4 is 0 Å². The molecule has 0 aliphatic carbocycles. The van der Waals surface area contributed by atoms with Gasteiger partial charge in [-0.05, 0) is 31.2 Å². The molecule has 1 N–H and O–H groups in total. The molecule has 0 amide bonds. The molecule has 2 aromatic heterocycles. The lowest BCUT2D eigenvalue weighted by Crippen LogP contribution is -1.94. The number of aryl methyl sites for hydroxylation is 1. The van der Waals surface area contributed by atoms with Crippen molar-refractivity contribution in [2.75, 3.05) is 7.11 Å². The quantitative estimate of drug-likeness (QED) is 0.777. The van der Waals surface area contributed by atoms with Crippen LogP contribution in [0.2, 0.25) is 0 Å². The zero-order chi connectivity index (χ0) is 13.2. The molecular formula is C13H13N5O. The van der Waals surface area contributed by atoms with E-state index in [4.69, 9.17) is 4.74 Å². The lowest BCUT2D eigenvalue weighted by atomic mass is 10.2. The van der Waals surface area contributed by atoms with E-state index in [-0.39, 0.29) is 0 Å². The number of rotatable bonds is 3. The molecule has 0 spiro atoms. The van der Waals surface area contributed by atoms with Crippen molar-refractivity contribution in [3.8, 4) is 22.8 Å². The second kappa shape index (κ2) is 4.56. The van der Waals surface area contributed by atoms with Crippen LogP contribution in [-0.4, -0.2) is 32.3 Å². The van der Waals surface area contributed by atoms with Gasteiger partial charge in [-0.1, -0.05) is 5.21 Å². The molecule has 0 unspecified atom stereocenters. The van der Waals surface area contributed by atoms with Crippen LogP contribution in [0.25, 0.3) is 17.1 Å². The SMILES string of the molecule is COc1ccc(-c2cn(-c3cc(C)[nH]n3)nn2)cc1. The molecule has 3 aromatic rings. The van der Waals surface area contributed by atoms with Crippen molar-refractivity contribution in [3.05, 3.63) is 42.2 Å². The van der Waals surface area contributed by atoms with E-state index in [1.807, 2.05) is 43.5 Å². The summed E-state index contributed by atoms with van der Waals surface area (Å²) in [4.78, 5) is 0. The zero-order valence-corrected chi connectivity index (χ0v) is 10.7. The highest BCUT2D eigenvalue weighted by atomic mass is 16.5. The number of hydrogen-bond acceptors (Lipinski definition) is 4. The molecule has 0 aliphatic heterocycles. The number of benzene rings is 1. The first kappa shape index (κ1) is 11.5. The van der Waals surface area contributed by atoms with Crippen LogP contribution in [0.15, 0.2) is 36.5 Å². The summed E-state index contributed by atoms with van der Waals surface area (Å²) in [5.74, 6) is 1.55. The Morgan fingerprint density at radius 3 is 2.63 bits per heavy atom. The van der Waals surface area contributed by atoms with E-state index in [1.54, 1.807) is 11.8 Å². The molecular weight excluding hydrogens is 242 g/mol. The minimum absolute atomic E-state index is 0.727. The monoisotopic (exact) mass is 255 g/mol. The normalized spacial score (nSPS) is 10.6. The number of nitrogens with one attached hydrogen (secondary N) is 1. The number of ether oxygens (including phenoxy) is 1. The molecule has 19 heavy (non-hydrogen) atoms. The van der Waals surface area contributed by atoms with E-state index in [0.717, 1.165) is 28.5 Å². The summed E-state index contributed by atoms with van der Waals surface area (Å²) in [5, 5.41) is 15.2. The Hall–Kier alpha value is -2.63. The summed E-state index contributed by atoms with van der Waals surface area (Å²) >= 11 is 0. The van der Waals surface area contributed by atoms with Crippen LogP contribution in [-0.2, 0) is 0 Å². The third-order valence-electron chi connectivity index (χ3n) is 2.81. The smallest absolute Gasteiger partial charge is 0.176 e. The standard InChI is InChI=1S/C13H13N5O/c1-9-7-13(16-14-9)18-8-12(15-17-18)10-3-5-11(19-2)6-4-10/h3-8H,1-2H3,(H,14,16). The number of aromatic amines is 1. The van der Waals surface area contributed by atoms with Crippen LogP contribution in [0, 0.1) is 6.92 Å². The van der Waals surface area contributed by atoms with Gasteiger partial charge in [0.1, 0.15) is 11.4 Å². The van der Waals surface area contributed by atoms with Gasteiger partial charge in [0.15, 0.2) is 5.82 Å². The van der Waals surface area contributed by atoms with Gasteiger partial charge in [0, 0.05) is 17.3 Å². The van der Waals surface area contributed by atoms with Gasteiger partial charge in [-0.15, -0.1) is 5.10 Å². The number of methoxy groups -OCH3 is 1. The van der Waals surface area contributed by atoms with Crippen LogP contribution < -0.4 is 4.74 Å². The van der Waals surface area contributed by atoms with Gasteiger partial charge in [-0.3, -0.25) is 5.10 Å². The summed E-state index contributed by atoms with van der Waals surface area (Å²) < 4.78 is 6.77. The second-order valence-electron chi connectivity index (χ2n) is 4.19. The van der Waals surface area contributed by atoms with Crippen LogP contribution in [0.3, 0.4) is 0 Å². The Labute approximate surface area is 110 Å². The number of hydrogen-bond donors (Lipinski definition) is 1. The fraction of sp³-hybridized carbons (Fsp3) is 0.154. The van der Waals surface area contributed by atoms with Gasteiger partial charge in [-0.2, -0.15) is 9.78 Å². The average molecular weight is 255 g/mol. The molecule has 3 rings (SSSR count). The van der Waals surface area contributed by atoms with E-state index < -0.39 is 0 Å². The topological polar surface area (TPSA) is 68.6 Å². The Kier molecular flexibility index (Phi) is 2.75. The molecule has 6 nitrogen and oxygen atoms in total. The predicted molar refractivity (Wildman–Crippen MR) is 70.2 cm³/mol. The highest BCUT2D eigenvalue weighted by Crippen LogP contribution is 2.20. The van der Waals surface area contributed by atoms with Gasteiger partial charge in [-0.25, -0.2) is 0 Å².